The zero-order valence-electron chi connectivity index (χ0n) is 14.4. The molecule has 23 heavy (non-hydrogen) atoms. The van der Waals surface area contributed by atoms with Gasteiger partial charge in [-0.25, -0.2) is 9.78 Å². The van der Waals surface area contributed by atoms with Gasteiger partial charge in [-0.3, -0.25) is 0 Å². The van der Waals surface area contributed by atoms with Gasteiger partial charge in [0.1, 0.15) is 11.4 Å². The fourth-order valence-corrected chi connectivity index (χ4v) is 2.53. The number of anilines is 1. The highest BCUT2D eigenvalue weighted by Crippen LogP contribution is 2.32. The van der Waals surface area contributed by atoms with Gasteiger partial charge in [-0.1, -0.05) is 45.0 Å². The monoisotopic (exact) mass is 312 g/mol. The molecule has 1 aromatic carbocycles. The molecular formula is C19H24N2O2. The first kappa shape index (κ1) is 17.0. The minimum atomic E-state index is -0.953. The lowest BCUT2D eigenvalue weighted by molar-refractivity contribution is 0.0698. The van der Waals surface area contributed by atoms with Crippen LogP contribution in [0.15, 0.2) is 30.3 Å². The number of aromatic nitrogens is 1. The van der Waals surface area contributed by atoms with Gasteiger partial charge in [0.2, 0.25) is 0 Å². The van der Waals surface area contributed by atoms with E-state index < -0.39 is 5.97 Å². The Morgan fingerprint density at radius 1 is 1.22 bits per heavy atom. The lowest BCUT2D eigenvalue weighted by Gasteiger charge is -2.20. The largest absolute Gasteiger partial charge is 0.478 e. The summed E-state index contributed by atoms with van der Waals surface area (Å²) in [4.78, 5) is 18.2. The van der Waals surface area contributed by atoms with Crippen molar-refractivity contribution in [2.45, 2.75) is 33.1 Å². The van der Waals surface area contributed by atoms with E-state index in [0.717, 1.165) is 23.2 Å². The fraction of sp³-hybridized carbons (Fsp3) is 0.368. The van der Waals surface area contributed by atoms with Crippen molar-refractivity contribution in [1.29, 1.82) is 0 Å². The third kappa shape index (κ3) is 3.52. The average Bonchev–Trinajstić information content (AvgIpc) is 2.53. The second kappa shape index (κ2) is 6.82. The first-order valence-corrected chi connectivity index (χ1v) is 7.90. The van der Waals surface area contributed by atoms with E-state index in [4.69, 9.17) is 0 Å². The van der Waals surface area contributed by atoms with Gasteiger partial charge >= 0.3 is 5.97 Å². The molecule has 0 unspecified atom stereocenters. The van der Waals surface area contributed by atoms with Crippen LogP contribution in [0.1, 0.15) is 48.3 Å². The minimum Gasteiger partial charge on any atom is -0.478 e. The van der Waals surface area contributed by atoms with Crippen molar-refractivity contribution in [3.05, 3.63) is 47.2 Å². The first-order chi connectivity index (χ1) is 10.8. The van der Waals surface area contributed by atoms with Gasteiger partial charge in [0.05, 0.1) is 0 Å². The Bertz CT molecular complexity index is 704. The third-order valence-electron chi connectivity index (χ3n) is 3.92. The normalized spacial score (nSPS) is 10.9. The number of hydrogen-bond acceptors (Lipinski definition) is 3. The maximum atomic E-state index is 11.9. The topological polar surface area (TPSA) is 53.4 Å². The summed E-state index contributed by atoms with van der Waals surface area (Å²) in [5.74, 6) is -0.227. The molecule has 2 aromatic rings. The van der Waals surface area contributed by atoms with E-state index in [0.29, 0.717) is 5.82 Å². The van der Waals surface area contributed by atoms with Crippen LogP contribution in [-0.4, -0.2) is 30.2 Å². The van der Waals surface area contributed by atoms with Crippen molar-refractivity contribution < 1.29 is 9.90 Å². The quantitative estimate of drug-likeness (QED) is 0.899. The van der Waals surface area contributed by atoms with Crippen molar-refractivity contribution in [3.8, 4) is 11.1 Å². The number of carboxylic acids is 1. The molecule has 2 rings (SSSR count). The lowest BCUT2D eigenvalue weighted by atomic mass is 9.96. The Kier molecular flexibility index (Phi) is 5.04. The van der Waals surface area contributed by atoms with Gasteiger partial charge in [-0.15, -0.1) is 0 Å². The molecule has 0 radical (unpaired) electrons. The standard InChI is InChI=1S/C19H24N2O2/c1-6-13-7-9-14(10-8-13)15-11-16(12(2)3)20-18(21(4)5)17(15)19(22)23/h7-12H,6H2,1-5H3,(H,22,23). The van der Waals surface area contributed by atoms with Crippen LogP contribution in [0.4, 0.5) is 5.82 Å². The number of aromatic carboxylic acids is 1. The van der Waals surface area contributed by atoms with E-state index in [-0.39, 0.29) is 11.5 Å². The van der Waals surface area contributed by atoms with E-state index in [1.165, 1.54) is 5.56 Å². The molecule has 0 saturated carbocycles. The molecule has 122 valence electrons. The van der Waals surface area contributed by atoms with Gasteiger partial charge in [0.25, 0.3) is 0 Å². The fourth-order valence-electron chi connectivity index (χ4n) is 2.53. The minimum absolute atomic E-state index is 0.227. The number of rotatable bonds is 5. The number of benzene rings is 1. The zero-order valence-corrected chi connectivity index (χ0v) is 14.4. The second-order valence-electron chi connectivity index (χ2n) is 6.20. The predicted octanol–water partition coefficient (Wildman–Crippen LogP) is 4.20. The van der Waals surface area contributed by atoms with Crippen molar-refractivity contribution in [2.24, 2.45) is 0 Å². The van der Waals surface area contributed by atoms with E-state index in [2.05, 4.69) is 25.8 Å². The summed E-state index contributed by atoms with van der Waals surface area (Å²) in [7, 11) is 3.64. The number of pyridine rings is 1. The first-order valence-electron chi connectivity index (χ1n) is 7.90. The molecule has 0 bridgehead atoms. The van der Waals surface area contributed by atoms with E-state index in [9.17, 15) is 9.90 Å². The summed E-state index contributed by atoms with van der Waals surface area (Å²) < 4.78 is 0. The maximum Gasteiger partial charge on any atom is 0.340 e. The number of carbonyl (C=O) groups is 1. The van der Waals surface area contributed by atoms with Crippen LogP contribution in [0.5, 0.6) is 0 Å². The van der Waals surface area contributed by atoms with Crippen molar-refractivity contribution in [1.82, 2.24) is 4.98 Å². The molecule has 1 heterocycles. The van der Waals surface area contributed by atoms with E-state index >= 15 is 0 Å². The molecule has 0 atom stereocenters. The summed E-state index contributed by atoms with van der Waals surface area (Å²) in [6, 6.07) is 9.98. The number of aryl methyl sites for hydroxylation is 1. The van der Waals surface area contributed by atoms with E-state index in [1.54, 1.807) is 4.90 Å². The molecule has 0 spiro atoms. The Hall–Kier alpha value is -2.36. The van der Waals surface area contributed by atoms with Crippen LogP contribution in [0, 0.1) is 0 Å². The van der Waals surface area contributed by atoms with Gasteiger partial charge in [-0.2, -0.15) is 0 Å². The van der Waals surface area contributed by atoms with Crippen LogP contribution < -0.4 is 4.90 Å². The molecular weight excluding hydrogens is 288 g/mol. The summed E-state index contributed by atoms with van der Waals surface area (Å²) in [6.45, 7) is 6.23. The molecule has 0 fully saturated rings. The van der Waals surface area contributed by atoms with Crippen LogP contribution in [-0.2, 0) is 6.42 Å². The molecule has 0 aliphatic rings. The van der Waals surface area contributed by atoms with Gasteiger partial charge in [0, 0.05) is 25.4 Å². The molecule has 0 aliphatic carbocycles. The van der Waals surface area contributed by atoms with Crippen LogP contribution in [0.25, 0.3) is 11.1 Å². The molecule has 0 saturated heterocycles. The van der Waals surface area contributed by atoms with Crippen molar-refractivity contribution in [2.75, 3.05) is 19.0 Å². The summed E-state index contributed by atoms with van der Waals surface area (Å²) in [5, 5.41) is 9.72. The number of hydrogen-bond donors (Lipinski definition) is 1. The Morgan fingerprint density at radius 3 is 2.26 bits per heavy atom. The van der Waals surface area contributed by atoms with Gasteiger partial charge in [-0.05, 0) is 29.5 Å². The molecule has 1 aromatic heterocycles. The van der Waals surface area contributed by atoms with Crippen LogP contribution >= 0.6 is 0 Å². The number of nitrogens with zero attached hydrogens (tertiary/aromatic N) is 2. The summed E-state index contributed by atoms with van der Waals surface area (Å²) >= 11 is 0. The maximum absolute atomic E-state index is 11.9. The van der Waals surface area contributed by atoms with Crippen LogP contribution in [0.3, 0.4) is 0 Å². The summed E-state index contributed by atoms with van der Waals surface area (Å²) in [5.41, 5.74) is 4.02. The van der Waals surface area contributed by atoms with Crippen molar-refractivity contribution in [3.63, 3.8) is 0 Å². The molecule has 4 nitrogen and oxygen atoms in total. The highest BCUT2D eigenvalue weighted by atomic mass is 16.4. The molecule has 4 heteroatoms. The smallest absolute Gasteiger partial charge is 0.340 e. The summed E-state index contributed by atoms with van der Waals surface area (Å²) in [6.07, 6.45) is 0.961. The SMILES string of the molecule is CCc1ccc(-c2cc(C(C)C)nc(N(C)C)c2C(=O)O)cc1. The van der Waals surface area contributed by atoms with Gasteiger partial charge in [0.15, 0.2) is 0 Å². The van der Waals surface area contributed by atoms with Crippen LogP contribution in [0.2, 0.25) is 0 Å². The zero-order chi connectivity index (χ0) is 17.1. The molecule has 0 aliphatic heterocycles. The molecule has 1 N–H and O–H groups in total. The van der Waals surface area contributed by atoms with E-state index in [1.807, 2.05) is 44.4 Å². The second-order valence-corrected chi connectivity index (χ2v) is 6.20. The Morgan fingerprint density at radius 2 is 1.83 bits per heavy atom. The highest BCUT2D eigenvalue weighted by molar-refractivity contribution is 6.01. The highest BCUT2D eigenvalue weighted by Gasteiger charge is 2.22. The predicted molar refractivity (Wildman–Crippen MR) is 94.4 cm³/mol. The Labute approximate surface area is 137 Å². The van der Waals surface area contributed by atoms with Crippen molar-refractivity contribution >= 4 is 11.8 Å². The lowest BCUT2D eigenvalue weighted by Crippen LogP contribution is -2.18. The molecule has 0 amide bonds. The van der Waals surface area contributed by atoms with Gasteiger partial charge < -0.3 is 10.0 Å². The number of carboxylic acid groups (broad SMARTS) is 1. The average molecular weight is 312 g/mol. The third-order valence-corrected chi connectivity index (χ3v) is 3.92. The Balaban J connectivity index is 2.74.